The monoisotopic (exact) mass is 284 g/mol. The van der Waals surface area contributed by atoms with Crippen molar-refractivity contribution in [3.05, 3.63) is 42.2 Å². The number of hydrogen-bond acceptors (Lipinski definition) is 4. The summed E-state index contributed by atoms with van der Waals surface area (Å²) in [4.78, 5) is 6.51. The van der Waals surface area contributed by atoms with Gasteiger partial charge in [-0.15, -0.1) is 0 Å². The molecule has 2 saturated heterocycles. The lowest BCUT2D eigenvalue weighted by atomic mass is 9.77. The molecule has 2 aliphatic heterocycles. The van der Waals surface area contributed by atoms with E-state index >= 15 is 0 Å². The number of rotatable bonds is 1. The highest BCUT2D eigenvalue weighted by atomic mass is 16.5. The minimum Gasteiger partial charge on any atom is -0.385 e. The van der Waals surface area contributed by atoms with Gasteiger partial charge < -0.3 is 9.84 Å². The first-order valence-electron chi connectivity index (χ1n) is 7.52. The van der Waals surface area contributed by atoms with Crippen molar-refractivity contribution in [2.75, 3.05) is 20.3 Å². The SMILES string of the molecule is CN1C2COCC1CC(O)(c1ccc3cnccc3c1)C2. The zero-order chi connectivity index (χ0) is 14.4. The smallest absolute Gasteiger partial charge is 0.0928 e. The van der Waals surface area contributed by atoms with E-state index in [4.69, 9.17) is 4.74 Å². The van der Waals surface area contributed by atoms with E-state index in [1.807, 2.05) is 18.3 Å². The molecule has 0 radical (unpaired) electrons. The summed E-state index contributed by atoms with van der Waals surface area (Å²) in [7, 11) is 2.14. The predicted octanol–water partition coefficient (Wildman–Crippen LogP) is 1.92. The Morgan fingerprint density at radius 2 is 1.95 bits per heavy atom. The summed E-state index contributed by atoms with van der Waals surface area (Å²) in [5, 5.41) is 13.5. The van der Waals surface area contributed by atoms with Gasteiger partial charge in [-0.05, 0) is 43.0 Å². The van der Waals surface area contributed by atoms with E-state index in [1.54, 1.807) is 6.20 Å². The third-order valence-electron chi connectivity index (χ3n) is 5.10. The van der Waals surface area contributed by atoms with Gasteiger partial charge in [0.15, 0.2) is 0 Å². The zero-order valence-electron chi connectivity index (χ0n) is 12.2. The summed E-state index contributed by atoms with van der Waals surface area (Å²) < 4.78 is 5.65. The third kappa shape index (κ3) is 2.14. The predicted molar refractivity (Wildman–Crippen MR) is 81.0 cm³/mol. The Kier molecular flexibility index (Phi) is 2.99. The van der Waals surface area contributed by atoms with Crippen LogP contribution in [0.5, 0.6) is 0 Å². The lowest BCUT2D eigenvalue weighted by Crippen LogP contribution is -2.59. The highest BCUT2D eigenvalue weighted by Gasteiger charge is 2.45. The summed E-state index contributed by atoms with van der Waals surface area (Å²) in [5.41, 5.74) is 0.273. The highest BCUT2D eigenvalue weighted by molar-refractivity contribution is 5.82. The molecule has 2 unspecified atom stereocenters. The van der Waals surface area contributed by atoms with Crippen LogP contribution in [0.15, 0.2) is 36.7 Å². The maximum absolute atomic E-state index is 11.2. The van der Waals surface area contributed by atoms with E-state index in [2.05, 4.69) is 29.1 Å². The molecule has 1 aromatic heterocycles. The van der Waals surface area contributed by atoms with Crippen LogP contribution in [-0.2, 0) is 10.3 Å². The fraction of sp³-hybridized carbons (Fsp3) is 0.471. The fourth-order valence-corrected chi connectivity index (χ4v) is 3.75. The van der Waals surface area contributed by atoms with E-state index in [0.717, 1.165) is 29.2 Å². The molecule has 2 aliphatic rings. The van der Waals surface area contributed by atoms with Crippen LogP contribution in [0.25, 0.3) is 10.8 Å². The second-order valence-corrected chi connectivity index (χ2v) is 6.39. The van der Waals surface area contributed by atoms with E-state index in [0.29, 0.717) is 25.3 Å². The Hall–Kier alpha value is -1.49. The van der Waals surface area contributed by atoms with Crippen LogP contribution in [0.2, 0.25) is 0 Å². The topological polar surface area (TPSA) is 45.6 Å². The average molecular weight is 284 g/mol. The molecule has 2 aromatic rings. The number of fused-ring (bicyclic) bond motifs is 3. The van der Waals surface area contributed by atoms with Gasteiger partial charge in [0, 0.05) is 29.9 Å². The molecule has 3 heterocycles. The van der Waals surface area contributed by atoms with Crippen LogP contribution < -0.4 is 0 Å². The molecule has 1 N–H and O–H groups in total. The van der Waals surface area contributed by atoms with Crippen LogP contribution in [0.1, 0.15) is 18.4 Å². The van der Waals surface area contributed by atoms with Crippen LogP contribution >= 0.6 is 0 Å². The van der Waals surface area contributed by atoms with Gasteiger partial charge in [0.25, 0.3) is 0 Å². The minimum atomic E-state index is -0.747. The molecular formula is C17H20N2O2. The maximum Gasteiger partial charge on any atom is 0.0928 e. The normalized spacial score (nSPS) is 33.2. The Balaban J connectivity index is 1.73. The molecule has 2 bridgehead atoms. The molecule has 0 aliphatic carbocycles. The Labute approximate surface area is 124 Å². The summed E-state index contributed by atoms with van der Waals surface area (Å²) in [6.45, 7) is 1.43. The number of hydrogen-bond donors (Lipinski definition) is 1. The number of morpholine rings is 1. The van der Waals surface area contributed by atoms with Gasteiger partial charge in [-0.1, -0.05) is 12.1 Å². The number of piperidine rings is 1. The molecule has 4 rings (SSSR count). The quantitative estimate of drug-likeness (QED) is 0.869. The Morgan fingerprint density at radius 1 is 1.19 bits per heavy atom. The first-order valence-corrected chi connectivity index (χ1v) is 7.52. The number of pyridine rings is 1. The number of benzene rings is 1. The van der Waals surface area contributed by atoms with Crippen molar-refractivity contribution in [3.8, 4) is 0 Å². The van der Waals surface area contributed by atoms with Crippen LogP contribution in [0.3, 0.4) is 0 Å². The highest BCUT2D eigenvalue weighted by Crippen LogP contribution is 2.40. The molecule has 4 nitrogen and oxygen atoms in total. The average Bonchev–Trinajstić information content (AvgIpc) is 2.49. The van der Waals surface area contributed by atoms with Crippen LogP contribution in [0.4, 0.5) is 0 Å². The Morgan fingerprint density at radius 3 is 2.71 bits per heavy atom. The van der Waals surface area contributed by atoms with Gasteiger partial charge in [-0.3, -0.25) is 9.88 Å². The Bertz CT molecular complexity index is 659. The van der Waals surface area contributed by atoms with E-state index in [1.165, 1.54) is 0 Å². The third-order valence-corrected chi connectivity index (χ3v) is 5.10. The number of ether oxygens (including phenoxy) is 1. The van der Waals surface area contributed by atoms with Crippen molar-refractivity contribution in [2.45, 2.75) is 30.5 Å². The van der Waals surface area contributed by atoms with Gasteiger partial charge in [0.1, 0.15) is 0 Å². The number of likely N-dealkylation sites (N-methyl/N-ethyl adjacent to an activating group) is 1. The van der Waals surface area contributed by atoms with Gasteiger partial charge in [-0.25, -0.2) is 0 Å². The summed E-state index contributed by atoms with van der Waals surface area (Å²) in [6, 6.07) is 8.82. The van der Waals surface area contributed by atoms with Crippen molar-refractivity contribution in [1.29, 1.82) is 0 Å². The number of aliphatic hydroxyl groups is 1. The lowest BCUT2D eigenvalue weighted by Gasteiger charge is -2.50. The molecule has 21 heavy (non-hydrogen) atoms. The molecule has 0 saturated carbocycles. The van der Waals surface area contributed by atoms with E-state index in [-0.39, 0.29) is 0 Å². The van der Waals surface area contributed by atoms with Crippen molar-refractivity contribution in [2.24, 2.45) is 0 Å². The van der Waals surface area contributed by atoms with Crippen molar-refractivity contribution < 1.29 is 9.84 Å². The van der Waals surface area contributed by atoms with Crippen molar-refractivity contribution >= 4 is 10.8 Å². The second-order valence-electron chi connectivity index (χ2n) is 6.39. The van der Waals surface area contributed by atoms with E-state index < -0.39 is 5.60 Å². The van der Waals surface area contributed by atoms with Gasteiger partial charge >= 0.3 is 0 Å². The molecule has 0 amide bonds. The molecule has 0 spiro atoms. The largest absolute Gasteiger partial charge is 0.385 e. The van der Waals surface area contributed by atoms with Gasteiger partial charge in [0.2, 0.25) is 0 Å². The molecule has 1 aromatic carbocycles. The molecular weight excluding hydrogens is 264 g/mol. The van der Waals surface area contributed by atoms with Crippen molar-refractivity contribution in [3.63, 3.8) is 0 Å². The van der Waals surface area contributed by atoms with Crippen molar-refractivity contribution in [1.82, 2.24) is 9.88 Å². The molecule has 4 heteroatoms. The molecule has 110 valence electrons. The summed E-state index contributed by atoms with van der Waals surface area (Å²) in [6.07, 6.45) is 5.13. The first-order chi connectivity index (χ1) is 10.2. The van der Waals surface area contributed by atoms with Crippen LogP contribution in [0, 0.1) is 0 Å². The zero-order valence-corrected chi connectivity index (χ0v) is 12.2. The van der Waals surface area contributed by atoms with E-state index in [9.17, 15) is 5.11 Å². The first kappa shape index (κ1) is 13.2. The minimum absolute atomic E-state index is 0.302. The summed E-state index contributed by atoms with van der Waals surface area (Å²) >= 11 is 0. The second kappa shape index (κ2) is 4.77. The lowest BCUT2D eigenvalue weighted by molar-refractivity contribution is -0.137. The van der Waals surface area contributed by atoms with Gasteiger partial charge in [-0.2, -0.15) is 0 Å². The summed E-state index contributed by atoms with van der Waals surface area (Å²) in [5.74, 6) is 0. The number of nitrogens with zero attached hydrogens (tertiary/aromatic N) is 2. The number of aromatic nitrogens is 1. The molecule has 2 fully saturated rings. The fourth-order valence-electron chi connectivity index (χ4n) is 3.75. The van der Waals surface area contributed by atoms with Gasteiger partial charge in [0.05, 0.1) is 18.8 Å². The standard InChI is InChI=1S/C17H20N2O2/c1-19-15-7-17(20,8-16(19)11-21-10-15)14-3-2-13-9-18-5-4-12(13)6-14/h2-6,9,15-16,20H,7-8,10-11H2,1H3. The van der Waals surface area contributed by atoms with Crippen LogP contribution in [-0.4, -0.2) is 47.3 Å². The maximum atomic E-state index is 11.2. The molecule has 2 atom stereocenters.